The smallest absolute Gasteiger partial charge is 0.134 e. The van der Waals surface area contributed by atoms with Crippen LogP contribution in [0.25, 0.3) is 0 Å². The Morgan fingerprint density at radius 2 is 1.42 bits per heavy atom. The van der Waals surface area contributed by atoms with Crippen LogP contribution in [0, 0.1) is 29.6 Å². The molecule has 2 aliphatic rings. The molecule has 2 aliphatic carbocycles. The van der Waals surface area contributed by atoms with Gasteiger partial charge in [0.15, 0.2) is 0 Å². The summed E-state index contributed by atoms with van der Waals surface area (Å²) in [7, 11) is 0. The van der Waals surface area contributed by atoms with Gasteiger partial charge < -0.3 is 0 Å². The Morgan fingerprint density at radius 3 is 2.05 bits per heavy atom. The number of halogens is 2. The third-order valence-electron chi connectivity index (χ3n) is 5.77. The average molecular weight is 272 g/mol. The van der Waals surface area contributed by atoms with Gasteiger partial charge in [-0.05, 0) is 42.4 Å². The molecule has 0 N–H and O–H groups in total. The summed E-state index contributed by atoms with van der Waals surface area (Å²) in [5.74, 6) is 1.85. The van der Waals surface area contributed by atoms with Crippen LogP contribution in [-0.2, 0) is 0 Å². The molecule has 2 fully saturated rings. The highest BCUT2D eigenvalue weighted by atomic mass is 19.2. The van der Waals surface area contributed by atoms with Gasteiger partial charge in [0.1, 0.15) is 12.3 Å². The highest BCUT2D eigenvalue weighted by Crippen LogP contribution is 2.41. The molecule has 0 aromatic heterocycles. The van der Waals surface area contributed by atoms with Gasteiger partial charge in [-0.1, -0.05) is 52.9 Å². The summed E-state index contributed by atoms with van der Waals surface area (Å²) in [6.45, 7) is 6.29. The second-order valence-corrected chi connectivity index (χ2v) is 7.45. The number of hydrogen-bond acceptors (Lipinski definition) is 0. The minimum Gasteiger partial charge on any atom is -0.244 e. The molecule has 0 heterocycles. The molecule has 0 nitrogen and oxygen atoms in total. The molecule has 0 aromatic rings. The lowest BCUT2D eigenvalue weighted by Crippen LogP contribution is -2.41. The molecular weight excluding hydrogens is 242 g/mol. The molecule has 5 unspecified atom stereocenters. The number of hydrogen-bond donors (Lipinski definition) is 0. The normalized spacial score (nSPS) is 48.2. The maximum Gasteiger partial charge on any atom is 0.134 e. The van der Waals surface area contributed by atoms with Crippen molar-refractivity contribution in [2.45, 2.75) is 78.1 Å². The first-order valence-electron chi connectivity index (χ1n) is 8.27. The Hall–Kier alpha value is -0.140. The zero-order valence-electron chi connectivity index (χ0n) is 12.7. The highest BCUT2D eigenvalue weighted by Gasteiger charge is 2.41. The average Bonchev–Trinajstić information content (AvgIpc) is 2.38. The molecule has 2 saturated carbocycles. The summed E-state index contributed by atoms with van der Waals surface area (Å²) in [6.07, 6.45) is 5.67. The first kappa shape index (κ1) is 15.3. The summed E-state index contributed by atoms with van der Waals surface area (Å²) < 4.78 is 28.0. The zero-order valence-corrected chi connectivity index (χ0v) is 12.7. The van der Waals surface area contributed by atoms with Crippen molar-refractivity contribution in [3.8, 4) is 0 Å². The van der Waals surface area contributed by atoms with Gasteiger partial charge in [-0.15, -0.1) is 0 Å². The van der Waals surface area contributed by atoms with E-state index in [-0.39, 0.29) is 11.8 Å². The molecule has 0 aliphatic heterocycles. The van der Waals surface area contributed by atoms with Crippen LogP contribution in [0.4, 0.5) is 8.78 Å². The molecular formula is C17H30F2. The quantitative estimate of drug-likeness (QED) is 0.631. The van der Waals surface area contributed by atoms with Crippen LogP contribution >= 0.6 is 0 Å². The van der Waals surface area contributed by atoms with Crippen LogP contribution in [0.15, 0.2) is 0 Å². The number of alkyl halides is 2. The van der Waals surface area contributed by atoms with E-state index in [2.05, 4.69) is 13.8 Å². The lowest BCUT2D eigenvalue weighted by molar-refractivity contribution is -0.00774. The minimum absolute atomic E-state index is 0.0365. The molecule has 0 aromatic carbocycles. The van der Waals surface area contributed by atoms with Crippen molar-refractivity contribution in [1.82, 2.24) is 0 Å². The van der Waals surface area contributed by atoms with Crippen LogP contribution in [0.1, 0.15) is 65.7 Å². The molecule has 0 saturated heterocycles. The lowest BCUT2D eigenvalue weighted by Gasteiger charge is -2.39. The van der Waals surface area contributed by atoms with Gasteiger partial charge >= 0.3 is 0 Å². The molecule has 2 heteroatoms. The Bertz CT molecular complexity index is 270. The molecule has 0 amide bonds. The Labute approximate surface area is 117 Å². The minimum atomic E-state index is -1.23. The summed E-state index contributed by atoms with van der Waals surface area (Å²) in [5, 5.41) is 0. The van der Waals surface area contributed by atoms with Gasteiger partial charge in [0.25, 0.3) is 0 Å². The fourth-order valence-electron chi connectivity index (χ4n) is 4.24. The monoisotopic (exact) mass is 272 g/mol. The molecule has 0 spiro atoms. The highest BCUT2D eigenvalue weighted by molar-refractivity contribution is 4.90. The third-order valence-corrected chi connectivity index (χ3v) is 5.77. The molecule has 19 heavy (non-hydrogen) atoms. The van der Waals surface area contributed by atoms with Crippen molar-refractivity contribution in [3.63, 3.8) is 0 Å². The van der Waals surface area contributed by atoms with Crippen molar-refractivity contribution < 1.29 is 8.78 Å². The van der Waals surface area contributed by atoms with Crippen LogP contribution in [0.5, 0.6) is 0 Å². The van der Waals surface area contributed by atoms with E-state index in [0.29, 0.717) is 5.92 Å². The van der Waals surface area contributed by atoms with E-state index in [4.69, 9.17) is 0 Å². The molecule has 5 atom stereocenters. The number of rotatable bonds is 3. The maximum atomic E-state index is 14.2. The van der Waals surface area contributed by atoms with E-state index in [0.717, 1.165) is 31.1 Å². The van der Waals surface area contributed by atoms with Crippen LogP contribution in [-0.4, -0.2) is 12.3 Å². The van der Waals surface area contributed by atoms with Crippen molar-refractivity contribution in [2.75, 3.05) is 0 Å². The third kappa shape index (κ3) is 3.70. The van der Waals surface area contributed by atoms with Crippen LogP contribution in [0.2, 0.25) is 0 Å². The van der Waals surface area contributed by atoms with Crippen LogP contribution in [0.3, 0.4) is 0 Å². The van der Waals surface area contributed by atoms with E-state index in [1.807, 2.05) is 6.92 Å². The summed E-state index contributed by atoms with van der Waals surface area (Å²) in [6, 6.07) is 0. The summed E-state index contributed by atoms with van der Waals surface area (Å²) in [4.78, 5) is 0. The van der Waals surface area contributed by atoms with Crippen molar-refractivity contribution in [1.29, 1.82) is 0 Å². The van der Waals surface area contributed by atoms with Crippen molar-refractivity contribution >= 4 is 0 Å². The molecule has 2 rings (SSSR count). The Balaban J connectivity index is 1.81. The second kappa shape index (κ2) is 6.54. The maximum absolute atomic E-state index is 14.2. The standard InChI is InChI=1S/C17H30F2/c1-11-4-6-14(7-5-11)8-9-15-12(2)10-13(3)16(18)17(15)19/h11-17H,4-10H2,1-3H3. The lowest BCUT2D eigenvalue weighted by atomic mass is 9.70. The predicted octanol–water partition coefficient (Wildman–Crippen LogP) is 5.56. The SMILES string of the molecule is CC1CCC(CCC2C(C)CC(C)C(F)C2F)CC1. The molecule has 0 radical (unpaired) electrons. The van der Waals surface area contributed by atoms with Crippen molar-refractivity contribution in [2.24, 2.45) is 29.6 Å². The Kier molecular flexibility index (Phi) is 5.25. The first-order chi connectivity index (χ1) is 8.99. The molecule has 0 bridgehead atoms. The summed E-state index contributed by atoms with van der Waals surface area (Å²) in [5.41, 5.74) is 0. The van der Waals surface area contributed by atoms with Gasteiger partial charge in [0, 0.05) is 0 Å². The van der Waals surface area contributed by atoms with E-state index in [1.165, 1.54) is 25.7 Å². The van der Waals surface area contributed by atoms with Gasteiger partial charge in [0.05, 0.1) is 0 Å². The first-order valence-corrected chi connectivity index (χ1v) is 8.27. The fraction of sp³-hybridized carbons (Fsp3) is 1.00. The Morgan fingerprint density at radius 1 is 0.789 bits per heavy atom. The zero-order chi connectivity index (χ0) is 14.0. The van der Waals surface area contributed by atoms with E-state index in [1.54, 1.807) is 0 Å². The predicted molar refractivity (Wildman–Crippen MR) is 76.6 cm³/mol. The summed E-state index contributed by atoms with van der Waals surface area (Å²) >= 11 is 0. The molecule has 112 valence electrons. The van der Waals surface area contributed by atoms with Gasteiger partial charge in [-0.2, -0.15) is 0 Å². The van der Waals surface area contributed by atoms with E-state index >= 15 is 0 Å². The fourth-order valence-corrected chi connectivity index (χ4v) is 4.24. The van der Waals surface area contributed by atoms with Gasteiger partial charge in [-0.25, -0.2) is 8.78 Å². The largest absolute Gasteiger partial charge is 0.244 e. The van der Waals surface area contributed by atoms with Crippen molar-refractivity contribution in [3.05, 3.63) is 0 Å². The van der Waals surface area contributed by atoms with Gasteiger partial charge in [-0.3, -0.25) is 0 Å². The van der Waals surface area contributed by atoms with Crippen LogP contribution < -0.4 is 0 Å². The van der Waals surface area contributed by atoms with E-state index < -0.39 is 12.3 Å². The van der Waals surface area contributed by atoms with E-state index in [9.17, 15) is 8.78 Å². The second-order valence-electron chi connectivity index (χ2n) is 7.45. The topological polar surface area (TPSA) is 0 Å². The van der Waals surface area contributed by atoms with Gasteiger partial charge in [0.2, 0.25) is 0 Å².